The summed E-state index contributed by atoms with van der Waals surface area (Å²) in [5.41, 5.74) is 11.4. The van der Waals surface area contributed by atoms with E-state index in [1.54, 1.807) is 0 Å². The fourth-order valence-electron chi connectivity index (χ4n) is 5.06. The summed E-state index contributed by atoms with van der Waals surface area (Å²) in [5, 5.41) is 0.249. The maximum absolute atomic E-state index is 6.32. The standard InChI is InChI=1S/C31H23ClN2/c1-31(2)26-14-7-6-13-24(26)25-16-15-22(18-27(25)31)21-11-8-12-23(17-21)29-19-28(33-30(32)34-29)20-9-4-3-5-10-20/h3-19H,1-2H3. The third-order valence-electron chi connectivity index (χ3n) is 6.84. The molecule has 4 aromatic carbocycles. The van der Waals surface area contributed by atoms with Crippen molar-refractivity contribution >= 4 is 11.6 Å². The quantitative estimate of drug-likeness (QED) is 0.253. The summed E-state index contributed by atoms with van der Waals surface area (Å²) in [6, 6.07) is 36.1. The molecule has 164 valence electrons. The molecule has 2 nitrogen and oxygen atoms in total. The van der Waals surface area contributed by atoms with E-state index in [1.807, 2.05) is 36.4 Å². The predicted molar refractivity (Wildman–Crippen MR) is 141 cm³/mol. The molecule has 0 radical (unpaired) electrons. The first kappa shape index (κ1) is 20.8. The lowest BCUT2D eigenvalue weighted by molar-refractivity contribution is 0.660. The molecule has 0 unspecified atom stereocenters. The largest absolute Gasteiger partial charge is 0.223 e. The van der Waals surface area contributed by atoms with Gasteiger partial charge in [-0.25, -0.2) is 9.97 Å². The SMILES string of the molecule is CC1(C)c2ccccc2-c2ccc(-c3cccc(-c4cc(-c5ccccc5)nc(Cl)n4)c3)cc21. The van der Waals surface area contributed by atoms with Crippen molar-refractivity contribution in [1.29, 1.82) is 0 Å². The summed E-state index contributed by atoms with van der Waals surface area (Å²) in [6.07, 6.45) is 0. The van der Waals surface area contributed by atoms with Gasteiger partial charge < -0.3 is 0 Å². The Balaban J connectivity index is 1.42. The summed E-state index contributed by atoms with van der Waals surface area (Å²) < 4.78 is 0. The van der Waals surface area contributed by atoms with Gasteiger partial charge in [0.15, 0.2) is 0 Å². The van der Waals surface area contributed by atoms with Crippen LogP contribution in [0, 0.1) is 0 Å². The molecule has 1 heterocycles. The second-order valence-corrected chi connectivity index (χ2v) is 9.62. The predicted octanol–water partition coefficient (Wildman–Crippen LogP) is 8.44. The highest BCUT2D eigenvalue weighted by molar-refractivity contribution is 6.28. The molecule has 6 rings (SSSR count). The summed E-state index contributed by atoms with van der Waals surface area (Å²) in [5.74, 6) is 0. The van der Waals surface area contributed by atoms with Crippen LogP contribution in [0.4, 0.5) is 0 Å². The summed E-state index contributed by atoms with van der Waals surface area (Å²) in [7, 11) is 0. The van der Waals surface area contributed by atoms with Gasteiger partial charge in [-0.1, -0.05) is 98.8 Å². The first-order valence-corrected chi connectivity index (χ1v) is 11.8. The minimum absolute atomic E-state index is 0.0235. The molecule has 0 saturated carbocycles. The molecule has 0 atom stereocenters. The topological polar surface area (TPSA) is 25.8 Å². The van der Waals surface area contributed by atoms with Crippen molar-refractivity contribution in [1.82, 2.24) is 9.97 Å². The third kappa shape index (κ3) is 3.43. The molecule has 0 amide bonds. The van der Waals surface area contributed by atoms with Crippen LogP contribution in [0.3, 0.4) is 0 Å². The van der Waals surface area contributed by atoms with E-state index < -0.39 is 0 Å². The van der Waals surface area contributed by atoms with Crippen LogP contribution in [-0.4, -0.2) is 9.97 Å². The number of rotatable bonds is 3. The monoisotopic (exact) mass is 458 g/mol. The smallest absolute Gasteiger partial charge is 0.218 e. The molecule has 1 aromatic heterocycles. The third-order valence-corrected chi connectivity index (χ3v) is 7.01. The van der Waals surface area contributed by atoms with Gasteiger partial charge in [-0.15, -0.1) is 0 Å². The zero-order valence-corrected chi connectivity index (χ0v) is 19.8. The van der Waals surface area contributed by atoms with Crippen LogP contribution < -0.4 is 0 Å². The minimum atomic E-state index is -0.0235. The highest BCUT2D eigenvalue weighted by Crippen LogP contribution is 2.49. The first-order valence-electron chi connectivity index (χ1n) is 11.5. The van der Waals surface area contributed by atoms with Gasteiger partial charge in [-0.2, -0.15) is 0 Å². The molecule has 0 N–H and O–H groups in total. The summed E-state index contributed by atoms with van der Waals surface area (Å²) in [4.78, 5) is 8.97. The average Bonchev–Trinajstić information content (AvgIpc) is 3.11. The Morgan fingerprint density at radius 1 is 0.529 bits per heavy atom. The fourth-order valence-corrected chi connectivity index (χ4v) is 5.25. The van der Waals surface area contributed by atoms with E-state index in [-0.39, 0.29) is 10.7 Å². The van der Waals surface area contributed by atoms with Gasteiger partial charge in [-0.05, 0) is 63.2 Å². The van der Waals surface area contributed by atoms with E-state index in [0.29, 0.717) is 0 Å². The lowest BCUT2D eigenvalue weighted by atomic mass is 9.81. The Bertz CT molecular complexity index is 1540. The average molecular weight is 459 g/mol. The second-order valence-electron chi connectivity index (χ2n) is 9.29. The van der Waals surface area contributed by atoms with Crippen LogP contribution in [0.25, 0.3) is 44.8 Å². The van der Waals surface area contributed by atoms with Crippen LogP contribution >= 0.6 is 11.6 Å². The molecule has 0 spiro atoms. The lowest BCUT2D eigenvalue weighted by Crippen LogP contribution is -2.14. The van der Waals surface area contributed by atoms with E-state index in [2.05, 4.69) is 90.5 Å². The van der Waals surface area contributed by atoms with E-state index >= 15 is 0 Å². The Kier molecular flexibility index (Phi) is 4.86. The summed E-state index contributed by atoms with van der Waals surface area (Å²) in [6.45, 7) is 4.62. The van der Waals surface area contributed by atoms with Crippen LogP contribution in [-0.2, 0) is 5.41 Å². The van der Waals surface area contributed by atoms with E-state index in [1.165, 1.54) is 27.8 Å². The van der Waals surface area contributed by atoms with Crippen LogP contribution in [0.2, 0.25) is 5.28 Å². The Morgan fingerprint density at radius 2 is 1.15 bits per heavy atom. The molecular formula is C31H23ClN2. The number of nitrogens with zero attached hydrogens (tertiary/aromatic N) is 2. The maximum atomic E-state index is 6.32. The molecular weight excluding hydrogens is 436 g/mol. The normalized spacial score (nSPS) is 13.4. The Morgan fingerprint density at radius 3 is 1.97 bits per heavy atom. The van der Waals surface area contributed by atoms with Gasteiger partial charge in [-0.3, -0.25) is 0 Å². The fraction of sp³-hybridized carbons (Fsp3) is 0.0968. The van der Waals surface area contributed by atoms with Crippen molar-refractivity contribution in [2.75, 3.05) is 0 Å². The highest BCUT2D eigenvalue weighted by atomic mass is 35.5. The van der Waals surface area contributed by atoms with Crippen LogP contribution in [0.15, 0.2) is 103 Å². The highest BCUT2D eigenvalue weighted by Gasteiger charge is 2.35. The van der Waals surface area contributed by atoms with E-state index in [9.17, 15) is 0 Å². The van der Waals surface area contributed by atoms with Crippen molar-refractivity contribution in [3.05, 3.63) is 120 Å². The number of halogens is 1. The number of hydrogen-bond donors (Lipinski definition) is 0. The van der Waals surface area contributed by atoms with E-state index in [4.69, 9.17) is 11.6 Å². The number of aromatic nitrogens is 2. The molecule has 3 heteroatoms. The van der Waals surface area contributed by atoms with Crippen molar-refractivity contribution in [2.45, 2.75) is 19.3 Å². The zero-order chi connectivity index (χ0) is 23.3. The number of benzene rings is 4. The van der Waals surface area contributed by atoms with Crippen molar-refractivity contribution in [3.8, 4) is 44.8 Å². The number of hydrogen-bond acceptors (Lipinski definition) is 2. The Hall–Kier alpha value is -3.75. The van der Waals surface area contributed by atoms with Crippen molar-refractivity contribution < 1.29 is 0 Å². The Labute approximate surface area is 204 Å². The van der Waals surface area contributed by atoms with Gasteiger partial charge >= 0.3 is 0 Å². The maximum Gasteiger partial charge on any atom is 0.223 e. The molecule has 1 aliphatic rings. The second kappa shape index (κ2) is 7.93. The van der Waals surface area contributed by atoms with Gasteiger partial charge in [0.05, 0.1) is 11.4 Å². The van der Waals surface area contributed by atoms with Gasteiger partial charge in [0.2, 0.25) is 5.28 Å². The molecule has 1 aliphatic carbocycles. The van der Waals surface area contributed by atoms with Gasteiger partial charge in [0, 0.05) is 16.5 Å². The molecule has 34 heavy (non-hydrogen) atoms. The molecule has 0 bridgehead atoms. The van der Waals surface area contributed by atoms with Crippen molar-refractivity contribution in [2.24, 2.45) is 0 Å². The molecule has 5 aromatic rings. The lowest BCUT2D eigenvalue weighted by Gasteiger charge is -2.22. The number of fused-ring (bicyclic) bond motifs is 3. The van der Waals surface area contributed by atoms with Crippen LogP contribution in [0.1, 0.15) is 25.0 Å². The van der Waals surface area contributed by atoms with Crippen LogP contribution in [0.5, 0.6) is 0 Å². The summed E-state index contributed by atoms with van der Waals surface area (Å²) >= 11 is 6.32. The van der Waals surface area contributed by atoms with Crippen molar-refractivity contribution in [3.63, 3.8) is 0 Å². The first-order chi connectivity index (χ1) is 16.5. The van der Waals surface area contributed by atoms with Gasteiger partial charge in [0.25, 0.3) is 0 Å². The minimum Gasteiger partial charge on any atom is -0.218 e. The molecule has 0 fully saturated rings. The van der Waals surface area contributed by atoms with E-state index in [0.717, 1.165) is 28.1 Å². The zero-order valence-electron chi connectivity index (χ0n) is 19.1. The van der Waals surface area contributed by atoms with Gasteiger partial charge in [0.1, 0.15) is 0 Å². The molecule has 0 aliphatic heterocycles. The molecule has 0 saturated heterocycles.